The van der Waals surface area contributed by atoms with E-state index in [1.165, 1.54) is 4.90 Å². The molecule has 9 nitrogen and oxygen atoms in total. The highest BCUT2D eigenvalue weighted by Crippen LogP contribution is 2.46. The van der Waals surface area contributed by atoms with Gasteiger partial charge in [0.05, 0.1) is 6.07 Å². The molecule has 2 aliphatic heterocycles. The van der Waals surface area contributed by atoms with Gasteiger partial charge in [-0.1, -0.05) is 6.42 Å². The fourth-order valence-electron chi connectivity index (χ4n) is 6.33. The Kier molecular flexibility index (Phi) is 5.92. The Labute approximate surface area is 200 Å². The standard InChI is InChI=1S/C23H28F3N5O4/c24-23(25,26)22(35)30-17(10-4-5-10)21(34)31-9-11-2-1-3-13(11)18(31)20(33)28-12(8-27)6-15-14-7-16(14)29-19(15)32/h10-18H,1-7,9H2,(H,28,33)(H,29,32)(H,30,35)/t11-,12-,13-,14-,15+,16-,17-,18-/m0/s1. The number of hydrogen-bond donors (Lipinski definition) is 3. The topological polar surface area (TPSA) is 131 Å². The van der Waals surface area contributed by atoms with Crippen LogP contribution in [0.15, 0.2) is 0 Å². The lowest BCUT2D eigenvalue weighted by atomic mass is 9.92. The van der Waals surface area contributed by atoms with Gasteiger partial charge in [0, 0.05) is 18.5 Å². The van der Waals surface area contributed by atoms with E-state index >= 15 is 0 Å². The molecule has 2 heterocycles. The lowest BCUT2D eigenvalue weighted by Gasteiger charge is -2.31. The third-order valence-corrected chi connectivity index (χ3v) is 8.33. The summed E-state index contributed by atoms with van der Waals surface area (Å²) in [7, 11) is 0. The van der Waals surface area contributed by atoms with Crippen LogP contribution in [0, 0.1) is 40.9 Å². The summed E-state index contributed by atoms with van der Waals surface area (Å²) in [5, 5.41) is 17.0. The van der Waals surface area contributed by atoms with Crippen LogP contribution >= 0.6 is 0 Å². The van der Waals surface area contributed by atoms with Gasteiger partial charge in [0.1, 0.15) is 18.1 Å². The molecule has 3 N–H and O–H groups in total. The van der Waals surface area contributed by atoms with Crippen LogP contribution in [0.3, 0.4) is 0 Å². The third kappa shape index (κ3) is 4.57. The zero-order valence-corrected chi connectivity index (χ0v) is 19.0. The number of nitrogens with zero attached hydrogens (tertiary/aromatic N) is 2. The molecule has 0 aromatic rings. The number of nitriles is 1. The smallest absolute Gasteiger partial charge is 0.353 e. The molecular weight excluding hydrogens is 467 g/mol. The highest BCUT2D eigenvalue weighted by atomic mass is 19.4. The number of likely N-dealkylation sites (tertiary alicyclic amines) is 1. The summed E-state index contributed by atoms with van der Waals surface area (Å²) in [6.45, 7) is 0.235. The van der Waals surface area contributed by atoms with E-state index in [4.69, 9.17) is 0 Å². The number of fused-ring (bicyclic) bond motifs is 2. The fraction of sp³-hybridized carbons (Fsp3) is 0.783. The van der Waals surface area contributed by atoms with Crippen molar-refractivity contribution in [2.45, 2.75) is 75.3 Å². The highest BCUT2D eigenvalue weighted by molar-refractivity contribution is 5.94. The first-order valence-corrected chi connectivity index (χ1v) is 12.3. The molecule has 35 heavy (non-hydrogen) atoms. The Morgan fingerprint density at radius 1 is 1.14 bits per heavy atom. The molecule has 0 aromatic carbocycles. The Bertz CT molecular complexity index is 977. The van der Waals surface area contributed by atoms with E-state index in [9.17, 15) is 37.6 Å². The molecule has 3 aliphatic carbocycles. The molecule has 4 amide bonds. The van der Waals surface area contributed by atoms with Crippen LogP contribution in [0.1, 0.15) is 44.9 Å². The van der Waals surface area contributed by atoms with Crippen LogP contribution in [-0.4, -0.2) is 65.4 Å². The Balaban J connectivity index is 1.30. The summed E-state index contributed by atoms with van der Waals surface area (Å²) in [4.78, 5) is 51.8. The predicted molar refractivity (Wildman–Crippen MR) is 113 cm³/mol. The maximum absolute atomic E-state index is 13.4. The average molecular weight is 496 g/mol. The Morgan fingerprint density at radius 3 is 2.49 bits per heavy atom. The molecular formula is C23H28F3N5O4. The second-order valence-electron chi connectivity index (χ2n) is 10.6. The lowest BCUT2D eigenvalue weighted by Crippen LogP contribution is -2.57. The van der Waals surface area contributed by atoms with Crippen LogP contribution in [0.25, 0.3) is 0 Å². The summed E-state index contributed by atoms with van der Waals surface area (Å²) in [5.74, 6) is -4.16. The van der Waals surface area contributed by atoms with Crippen molar-refractivity contribution in [3.63, 3.8) is 0 Å². The number of halogens is 3. The van der Waals surface area contributed by atoms with Crippen LogP contribution < -0.4 is 16.0 Å². The van der Waals surface area contributed by atoms with Gasteiger partial charge in [-0.2, -0.15) is 18.4 Å². The Hall–Kier alpha value is -2.84. The second kappa shape index (κ2) is 8.68. The summed E-state index contributed by atoms with van der Waals surface area (Å²) in [5.41, 5.74) is 0. The van der Waals surface area contributed by atoms with Gasteiger partial charge in [-0.15, -0.1) is 0 Å². The highest BCUT2D eigenvalue weighted by Gasteiger charge is 2.55. The quantitative estimate of drug-likeness (QED) is 0.476. The van der Waals surface area contributed by atoms with Gasteiger partial charge in [0.2, 0.25) is 17.7 Å². The number of piperidine rings is 1. The molecule has 0 bridgehead atoms. The van der Waals surface area contributed by atoms with Gasteiger partial charge in [-0.3, -0.25) is 19.2 Å². The number of hydrogen-bond acceptors (Lipinski definition) is 5. The second-order valence-corrected chi connectivity index (χ2v) is 10.6. The van der Waals surface area contributed by atoms with Gasteiger partial charge in [-0.25, -0.2) is 0 Å². The van der Waals surface area contributed by atoms with E-state index in [0.717, 1.165) is 19.3 Å². The van der Waals surface area contributed by atoms with Gasteiger partial charge in [0.15, 0.2) is 0 Å². The molecule has 0 unspecified atom stereocenters. The number of carbonyl (C=O) groups excluding carboxylic acids is 4. The normalized spacial score (nSPS) is 34.8. The molecule has 2 saturated heterocycles. The maximum Gasteiger partial charge on any atom is 0.471 e. The molecule has 0 aromatic heterocycles. The summed E-state index contributed by atoms with van der Waals surface area (Å²) in [6, 6.07) is -0.975. The van der Waals surface area contributed by atoms with Crippen molar-refractivity contribution in [2.24, 2.45) is 29.6 Å². The third-order valence-electron chi connectivity index (χ3n) is 8.33. The van der Waals surface area contributed by atoms with E-state index in [0.29, 0.717) is 19.3 Å². The van der Waals surface area contributed by atoms with Gasteiger partial charge in [-0.05, 0) is 62.2 Å². The number of amides is 4. The molecule has 8 atom stereocenters. The summed E-state index contributed by atoms with van der Waals surface area (Å²) < 4.78 is 38.6. The Morgan fingerprint density at radius 2 is 1.89 bits per heavy atom. The van der Waals surface area contributed by atoms with E-state index in [1.807, 2.05) is 11.4 Å². The largest absolute Gasteiger partial charge is 0.471 e. The van der Waals surface area contributed by atoms with Crippen molar-refractivity contribution in [1.29, 1.82) is 5.26 Å². The van der Waals surface area contributed by atoms with E-state index in [-0.39, 0.29) is 48.6 Å². The van der Waals surface area contributed by atoms with Crippen molar-refractivity contribution in [1.82, 2.24) is 20.9 Å². The molecule has 5 rings (SSSR count). The van der Waals surface area contributed by atoms with Crippen molar-refractivity contribution in [2.75, 3.05) is 6.54 Å². The minimum atomic E-state index is -5.11. The zero-order chi connectivity index (χ0) is 25.1. The van der Waals surface area contributed by atoms with Crippen LogP contribution in [0.4, 0.5) is 13.2 Å². The van der Waals surface area contributed by atoms with Crippen LogP contribution in [-0.2, 0) is 19.2 Å². The molecule has 0 spiro atoms. The minimum Gasteiger partial charge on any atom is -0.353 e. The zero-order valence-electron chi connectivity index (χ0n) is 19.0. The lowest BCUT2D eigenvalue weighted by molar-refractivity contribution is -0.175. The van der Waals surface area contributed by atoms with E-state index in [2.05, 4.69) is 10.6 Å². The van der Waals surface area contributed by atoms with Crippen LogP contribution in [0.2, 0.25) is 0 Å². The molecule has 190 valence electrons. The summed E-state index contributed by atoms with van der Waals surface area (Å²) in [6.07, 6.45) is -0.651. The summed E-state index contributed by atoms with van der Waals surface area (Å²) >= 11 is 0. The van der Waals surface area contributed by atoms with Crippen LogP contribution in [0.5, 0.6) is 0 Å². The number of carbonyl (C=O) groups is 4. The SMILES string of the molecule is N#C[C@H](C[C@H]1C(=O)N[C@H]2C[C@H]21)NC(=O)[C@@H]1[C@H]2CCC[C@H]2CN1C(=O)[C@@H](NC(=O)C(F)(F)F)C1CC1. The van der Waals surface area contributed by atoms with Gasteiger partial charge in [0.25, 0.3) is 0 Å². The van der Waals surface area contributed by atoms with Crippen molar-refractivity contribution >= 4 is 23.6 Å². The fourth-order valence-corrected chi connectivity index (χ4v) is 6.33. The molecule has 5 aliphatic rings. The first kappa shape index (κ1) is 23.9. The number of alkyl halides is 3. The first-order valence-electron chi connectivity index (χ1n) is 12.3. The van der Waals surface area contributed by atoms with Crippen molar-refractivity contribution in [3.05, 3.63) is 0 Å². The van der Waals surface area contributed by atoms with Crippen molar-refractivity contribution < 1.29 is 32.3 Å². The molecule has 3 saturated carbocycles. The van der Waals surface area contributed by atoms with E-state index in [1.54, 1.807) is 0 Å². The van der Waals surface area contributed by atoms with Crippen molar-refractivity contribution in [3.8, 4) is 6.07 Å². The number of nitrogens with one attached hydrogen (secondary N) is 3. The monoisotopic (exact) mass is 495 g/mol. The molecule has 12 heteroatoms. The maximum atomic E-state index is 13.4. The minimum absolute atomic E-state index is 0.0428. The van der Waals surface area contributed by atoms with Gasteiger partial charge < -0.3 is 20.9 Å². The first-order chi connectivity index (χ1) is 16.6. The molecule has 5 fully saturated rings. The van der Waals surface area contributed by atoms with Gasteiger partial charge >= 0.3 is 12.1 Å². The number of rotatable bonds is 7. The average Bonchev–Trinajstić information content (AvgIpc) is 3.66. The van der Waals surface area contributed by atoms with E-state index < -0.39 is 47.9 Å². The predicted octanol–water partition coefficient (Wildman–Crippen LogP) is 0.604. The molecule has 0 radical (unpaired) electrons.